The summed E-state index contributed by atoms with van der Waals surface area (Å²) in [6.45, 7) is 1.41. The highest BCUT2D eigenvalue weighted by atomic mass is 16.6. The van der Waals surface area contributed by atoms with Crippen LogP contribution in [0.2, 0.25) is 0 Å². The highest BCUT2D eigenvalue weighted by Crippen LogP contribution is 2.31. The number of rotatable bonds is 4. The van der Waals surface area contributed by atoms with Crippen LogP contribution in [0.3, 0.4) is 0 Å². The number of nitrogens with zero attached hydrogens (tertiary/aromatic N) is 1. The summed E-state index contributed by atoms with van der Waals surface area (Å²) in [5.41, 5.74) is 1.06. The van der Waals surface area contributed by atoms with E-state index in [1.165, 1.54) is 0 Å². The molecule has 0 unspecified atom stereocenters. The molecule has 1 aromatic rings. The molecule has 0 saturated carbocycles. The van der Waals surface area contributed by atoms with E-state index in [-0.39, 0.29) is 18.1 Å². The topological polar surface area (TPSA) is 42.1 Å². The van der Waals surface area contributed by atoms with Crippen molar-refractivity contribution in [3.63, 3.8) is 0 Å². The number of benzene rings is 1. The monoisotopic (exact) mass is 247 g/mol. The number of carbonyl (C=O) groups excluding carboxylic acids is 1. The van der Waals surface area contributed by atoms with E-state index in [4.69, 9.17) is 9.47 Å². The molecule has 2 heterocycles. The van der Waals surface area contributed by atoms with Crippen LogP contribution in [0.25, 0.3) is 0 Å². The third-order valence-corrected chi connectivity index (χ3v) is 3.70. The van der Waals surface area contributed by atoms with Crippen LogP contribution in [0.5, 0.6) is 5.75 Å². The third kappa shape index (κ3) is 2.08. The van der Waals surface area contributed by atoms with Gasteiger partial charge in [0.25, 0.3) is 0 Å². The predicted molar refractivity (Wildman–Crippen MR) is 66.3 cm³/mol. The number of para-hydroxylation sites is 1. The van der Waals surface area contributed by atoms with E-state index >= 15 is 0 Å². The molecule has 0 aromatic heterocycles. The average Bonchev–Trinajstić information content (AvgIpc) is 3.17. The van der Waals surface area contributed by atoms with E-state index in [1.807, 2.05) is 29.2 Å². The van der Waals surface area contributed by atoms with Crippen LogP contribution in [0.4, 0.5) is 0 Å². The Morgan fingerprint density at radius 3 is 2.94 bits per heavy atom. The van der Waals surface area contributed by atoms with Crippen molar-refractivity contribution in [2.24, 2.45) is 0 Å². The predicted octanol–water partition coefficient (Wildman–Crippen LogP) is 1.58. The summed E-state index contributed by atoms with van der Waals surface area (Å²) < 4.78 is 10.7. The van der Waals surface area contributed by atoms with Crippen molar-refractivity contribution in [3.8, 4) is 5.75 Å². The Hall–Kier alpha value is -1.55. The Labute approximate surface area is 106 Å². The number of hydrogen-bond donors (Lipinski definition) is 0. The lowest BCUT2D eigenvalue weighted by molar-refractivity contribution is -0.129. The molecule has 3 rings (SSSR count). The molecule has 96 valence electrons. The standard InChI is InChI=1S/C14H17NO3/c1-17-12-5-3-2-4-10(12)8-15-11(13-9-18-13)6-7-14(15)16/h2-5,11,13H,6-9H2,1H3/t11-,13-/m0/s1. The van der Waals surface area contributed by atoms with E-state index < -0.39 is 0 Å². The van der Waals surface area contributed by atoms with Gasteiger partial charge in [0.1, 0.15) is 11.9 Å². The van der Waals surface area contributed by atoms with Crippen LogP contribution in [0, 0.1) is 0 Å². The first kappa shape index (κ1) is 11.5. The van der Waals surface area contributed by atoms with Crippen LogP contribution >= 0.6 is 0 Å². The van der Waals surface area contributed by atoms with Crippen molar-refractivity contribution in [1.82, 2.24) is 4.90 Å². The number of amides is 1. The molecule has 1 aromatic carbocycles. The maximum absolute atomic E-state index is 12.0. The Bertz CT molecular complexity index is 456. The second kappa shape index (κ2) is 4.61. The highest BCUT2D eigenvalue weighted by Gasteiger charge is 2.42. The van der Waals surface area contributed by atoms with Gasteiger partial charge in [-0.3, -0.25) is 4.79 Å². The van der Waals surface area contributed by atoms with Crippen LogP contribution in [0.15, 0.2) is 24.3 Å². The molecule has 2 atom stereocenters. The third-order valence-electron chi connectivity index (χ3n) is 3.70. The fourth-order valence-corrected chi connectivity index (χ4v) is 2.64. The molecule has 0 bridgehead atoms. The van der Waals surface area contributed by atoms with Crippen molar-refractivity contribution in [2.45, 2.75) is 31.5 Å². The maximum Gasteiger partial charge on any atom is 0.223 e. The minimum absolute atomic E-state index is 0.224. The molecule has 18 heavy (non-hydrogen) atoms. The van der Waals surface area contributed by atoms with Gasteiger partial charge in [0.15, 0.2) is 0 Å². The summed E-state index contributed by atoms with van der Waals surface area (Å²) in [6, 6.07) is 8.10. The first-order chi connectivity index (χ1) is 8.79. The van der Waals surface area contributed by atoms with Crippen LogP contribution in [0.1, 0.15) is 18.4 Å². The van der Waals surface area contributed by atoms with Crippen molar-refractivity contribution >= 4 is 5.91 Å². The zero-order valence-corrected chi connectivity index (χ0v) is 10.5. The summed E-state index contributed by atoms with van der Waals surface area (Å²) >= 11 is 0. The second-order valence-electron chi connectivity index (χ2n) is 4.81. The van der Waals surface area contributed by atoms with E-state index in [2.05, 4.69) is 0 Å². The lowest BCUT2D eigenvalue weighted by Crippen LogP contribution is -2.36. The first-order valence-electron chi connectivity index (χ1n) is 6.32. The van der Waals surface area contributed by atoms with Gasteiger partial charge in [0.05, 0.1) is 19.8 Å². The van der Waals surface area contributed by atoms with Gasteiger partial charge >= 0.3 is 0 Å². The van der Waals surface area contributed by atoms with Crippen LogP contribution < -0.4 is 4.74 Å². The zero-order chi connectivity index (χ0) is 12.5. The molecular formula is C14H17NO3. The minimum Gasteiger partial charge on any atom is -0.496 e. The molecule has 2 aliphatic heterocycles. The molecule has 0 N–H and O–H groups in total. The zero-order valence-electron chi connectivity index (χ0n) is 10.5. The molecule has 4 heteroatoms. The molecule has 4 nitrogen and oxygen atoms in total. The Morgan fingerprint density at radius 1 is 1.44 bits per heavy atom. The van der Waals surface area contributed by atoms with Gasteiger partial charge in [-0.1, -0.05) is 18.2 Å². The van der Waals surface area contributed by atoms with Gasteiger partial charge in [0, 0.05) is 18.5 Å². The molecular weight excluding hydrogens is 230 g/mol. The average molecular weight is 247 g/mol. The number of carbonyl (C=O) groups is 1. The Balaban J connectivity index is 1.79. The van der Waals surface area contributed by atoms with Crippen molar-refractivity contribution in [2.75, 3.05) is 13.7 Å². The Morgan fingerprint density at radius 2 is 2.22 bits per heavy atom. The van der Waals surface area contributed by atoms with Crippen molar-refractivity contribution in [3.05, 3.63) is 29.8 Å². The van der Waals surface area contributed by atoms with Crippen LogP contribution in [-0.4, -0.2) is 36.7 Å². The minimum atomic E-state index is 0.224. The summed E-state index contributed by atoms with van der Waals surface area (Å²) in [5.74, 6) is 1.06. The molecule has 0 spiro atoms. The first-order valence-corrected chi connectivity index (χ1v) is 6.32. The molecule has 2 fully saturated rings. The normalized spacial score (nSPS) is 26.5. The van der Waals surface area contributed by atoms with Crippen molar-refractivity contribution in [1.29, 1.82) is 0 Å². The van der Waals surface area contributed by atoms with Gasteiger partial charge in [-0.15, -0.1) is 0 Å². The van der Waals surface area contributed by atoms with Gasteiger partial charge < -0.3 is 14.4 Å². The van der Waals surface area contributed by atoms with E-state index in [0.29, 0.717) is 13.0 Å². The fraction of sp³-hybridized carbons (Fsp3) is 0.500. The number of hydrogen-bond acceptors (Lipinski definition) is 3. The van der Waals surface area contributed by atoms with Crippen LogP contribution in [-0.2, 0) is 16.1 Å². The lowest BCUT2D eigenvalue weighted by Gasteiger charge is -2.24. The molecule has 1 amide bonds. The van der Waals surface area contributed by atoms with E-state index in [0.717, 1.165) is 24.3 Å². The molecule has 0 aliphatic carbocycles. The summed E-state index contributed by atoms with van der Waals surface area (Å²) in [4.78, 5) is 13.9. The maximum atomic E-state index is 12.0. The van der Waals surface area contributed by atoms with Gasteiger partial charge in [-0.2, -0.15) is 0 Å². The lowest BCUT2D eigenvalue weighted by atomic mass is 10.1. The summed E-state index contributed by atoms with van der Waals surface area (Å²) in [6.07, 6.45) is 1.81. The molecule has 2 aliphatic rings. The number of methoxy groups -OCH3 is 1. The Kier molecular flexibility index (Phi) is 2.96. The summed E-state index contributed by atoms with van der Waals surface area (Å²) in [5, 5.41) is 0. The number of ether oxygens (including phenoxy) is 2. The smallest absolute Gasteiger partial charge is 0.223 e. The quantitative estimate of drug-likeness (QED) is 0.759. The number of likely N-dealkylation sites (tertiary alicyclic amines) is 1. The molecule has 0 radical (unpaired) electrons. The van der Waals surface area contributed by atoms with E-state index in [9.17, 15) is 4.79 Å². The van der Waals surface area contributed by atoms with E-state index in [1.54, 1.807) is 7.11 Å². The fourth-order valence-electron chi connectivity index (χ4n) is 2.64. The SMILES string of the molecule is COc1ccccc1CN1C(=O)CC[C@H]1[C@@H]1CO1. The highest BCUT2D eigenvalue weighted by molar-refractivity contribution is 5.79. The van der Waals surface area contributed by atoms with Gasteiger partial charge in [-0.05, 0) is 12.5 Å². The second-order valence-corrected chi connectivity index (χ2v) is 4.81. The van der Waals surface area contributed by atoms with Crippen molar-refractivity contribution < 1.29 is 14.3 Å². The molecule has 2 saturated heterocycles. The largest absolute Gasteiger partial charge is 0.496 e. The van der Waals surface area contributed by atoms with Gasteiger partial charge in [0.2, 0.25) is 5.91 Å². The van der Waals surface area contributed by atoms with Gasteiger partial charge in [-0.25, -0.2) is 0 Å². The number of epoxide rings is 1. The summed E-state index contributed by atoms with van der Waals surface area (Å²) in [7, 11) is 1.66.